The molecule has 3 heteroatoms. The van der Waals surface area contributed by atoms with Crippen molar-refractivity contribution in [2.24, 2.45) is 0 Å². The van der Waals surface area contributed by atoms with Crippen molar-refractivity contribution in [3.63, 3.8) is 0 Å². The Morgan fingerprint density at radius 3 is 2.79 bits per heavy atom. The van der Waals surface area contributed by atoms with Gasteiger partial charge in [-0.15, -0.1) is 0 Å². The highest BCUT2D eigenvalue weighted by Crippen LogP contribution is 2.17. The summed E-state index contributed by atoms with van der Waals surface area (Å²) in [5.74, 6) is -0.00359. The molecule has 1 heterocycles. The van der Waals surface area contributed by atoms with Gasteiger partial charge in [0.25, 0.3) is 0 Å². The average Bonchev–Trinajstić information content (AvgIpc) is 2.93. The van der Waals surface area contributed by atoms with Gasteiger partial charge in [0.05, 0.1) is 12.6 Å². The lowest BCUT2D eigenvalue weighted by molar-refractivity contribution is -0.127. The molecule has 1 N–H and O–H groups in total. The molecule has 3 nitrogen and oxygen atoms in total. The van der Waals surface area contributed by atoms with Crippen LogP contribution in [0.4, 0.5) is 0 Å². The van der Waals surface area contributed by atoms with Crippen LogP contribution in [0.15, 0.2) is 30.3 Å². The highest BCUT2D eigenvalue weighted by molar-refractivity contribution is 5.92. The predicted molar refractivity (Wildman–Crippen MR) is 76.7 cm³/mol. The molecular formula is C16H21NO2. The predicted octanol–water partition coefficient (Wildman–Crippen LogP) is 2.25. The second-order valence-electron chi connectivity index (χ2n) is 4.94. The maximum atomic E-state index is 12.0. The van der Waals surface area contributed by atoms with E-state index in [1.165, 1.54) is 5.56 Å². The molecule has 2 rings (SSSR count). The van der Waals surface area contributed by atoms with Gasteiger partial charge in [0.1, 0.15) is 0 Å². The molecule has 1 unspecified atom stereocenters. The summed E-state index contributed by atoms with van der Waals surface area (Å²) in [6.07, 6.45) is 6.36. The van der Waals surface area contributed by atoms with Gasteiger partial charge in [0, 0.05) is 12.6 Å². The minimum absolute atomic E-state index is 0.000354. The number of hydrogen-bond donors (Lipinski definition) is 1. The van der Waals surface area contributed by atoms with Gasteiger partial charge in [-0.25, -0.2) is 0 Å². The Morgan fingerprint density at radius 2 is 2.16 bits per heavy atom. The van der Waals surface area contributed by atoms with Gasteiger partial charge in [0.2, 0.25) is 5.91 Å². The van der Waals surface area contributed by atoms with E-state index in [0.717, 1.165) is 31.4 Å². The maximum Gasteiger partial charge on any atom is 0.246 e. The van der Waals surface area contributed by atoms with Gasteiger partial charge in [0.15, 0.2) is 0 Å². The fraction of sp³-hybridized carbons (Fsp3) is 0.438. The first-order valence-electron chi connectivity index (χ1n) is 6.93. The van der Waals surface area contributed by atoms with Crippen LogP contribution in [0, 0.1) is 0 Å². The molecule has 0 radical (unpaired) electrons. The molecule has 1 fully saturated rings. The van der Waals surface area contributed by atoms with Crippen molar-refractivity contribution in [1.29, 1.82) is 0 Å². The number of carbonyl (C=O) groups excluding carboxylic acids is 1. The monoisotopic (exact) mass is 259 g/mol. The van der Waals surface area contributed by atoms with E-state index in [1.54, 1.807) is 11.0 Å². The topological polar surface area (TPSA) is 40.5 Å². The normalized spacial score (nSPS) is 19.3. The molecule has 0 spiro atoms. The summed E-state index contributed by atoms with van der Waals surface area (Å²) < 4.78 is 0. The van der Waals surface area contributed by atoms with Crippen LogP contribution in [0.1, 0.15) is 30.9 Å². The van der Waals surface area contributed by atoms with Crippen molar-refractivity contribution in [3.8, 4) is 0 Å². The molecular weight excluding hydrogens is 238 g/mol. The van der Waals surface area contributed by atoms with Crippen LogP contribution < -0.4 is 0 Å². The minimum atomic E-state index is -0.00359. The Balaban J connectivity index is 1.99. The van der Waals surface area contributed by atoms with Crippen LogP contribution in [0.2, 0.25) is 0 Å². The quantitative estimate of drug-likeness (QED) is 0.842. The van der Waals surface area contributed by atoms with Crippen LogP contribution in [0.5, 0.6) is 0 Å². The van der Waals surface area contributed by atoms with Gasteiger partial charge in [-0.1, -0.05) is 31.2 Å². The minimum Gasteiger partial charge on any atom is -0.394 e. The Kier molecular flexibility index (Phi) is 4.74. The van der Waals surface area contributed by atoms with E-state index in [1.807, 2.05) is 18.2 Å². The molecule has 1 aliphatic heterocycles. The standard InChI is InChI=1S/C16H21NO2/c1-2-13-5-7-14(8-6-13)9-10-16(19)17-11-3-4-15(17)12-18/h5-10,15,18H,2-4,11-12H2,1H3/b10-9+. The first-order chi connectivity index (χ1) is 9.24. The number of likely N-dealkylation sites (tertiary alicyclic amines) is 1. The Bertz CT molecular complexity index is 450. The molecule has 1 aromatic rings. The van der Waals surface area contributed by atoms with Crippen LogP contribution in [0.3, 0.4) is 0 Å². The molecule has 19 heavy (non-hydrogen) atoms. The van der Waals surface area contributed by atoms with Gasteiger partial charge >= 0.3 is 0 Å². The summed E-state index contributed by atoms with van der Waals surface area (Å²) in [7, 11) is 0. The molecule has 1 saturated heterocycles. The molecule has 1 atom stereocenters. The van der Waals surface area contributed by atoms with E-state index >= 15 is 0 Å². The molecule has 1 aliphatic rings. The SMILES string of the molecule is CCc1ccc(/C=C/C(=O)N2CCCC2CO)cc1. The molecule has 102 valence electrons. The van der Waals surface area contributed by atoms with Crippen LogP contribution in [0.25, 0.3) is 6.08 Å². The lowest BCUT2D eigenvalue weighted by atomic mass is 10.1. The summed E-state index contributed by atoms with van der Waals surface area (Å²) >= 11 is 0. The second-order valence-corrected chi connectivity index (χ2v) is 4.94. The van der Waals surface area contributed by atoms with Crippen molar-refractivity contribution < 1.29 is 9.90 Å². The Labute approximate surface area is 114 Å². The summed E-state index contributed by atoms with van der Waals surface area (Å²) in [5, 5.41) is 9.21. The van der Waals surface area contributed by atoms with Gasteiger partial charge < -0.3 is 10.0 Å². The first-order valence-corrected chi connectivity index (χ1v) is 6.93. The molecule has 0 saturated carbocycles. The van der Waals surface area contributed by atoms with Crippen LogP contribution >= 0.6 is 0 Å². The molecule has 0 aliphatic carbocycles. The van der Waals surface area contributed by atoms with E-state index in [4.69, 9.17) is 0 Å². The highest BCUT2D eigenvalue weighted by Gasteiger charge is 2.26. The van der Waals surface area contributed by atoms with Crippen molar-refractivity contribution in [2.45, 2.75) is 32.2 Å². The summed E-state index contributed by atoms with van der Waals surface area (Å²) in [5.41, 5.74) is 2.33. The van der Waals surface area contributed by atoms with E-state index < -0.39 is 0 Å². The lowest BCUT2D eigenvalue weighted by Gasteiger charge is -2.21. The zero-order valence-corrected chi connectivity index (χ0v) is 11.4. The highest BCUT2D eigenvalue weighted by atomic mass is 16.3. The van der Waals surface area contributed by atoms with Gasteiger partial charge in [-0.05, 0) is 36.5 Å². The van der Waals surface area contributed by atoms with Crippen LogP contribution in [-0.4, -0.2) is 35.1 Å². The number of nitrogens with zero attached hydrogens (tertiary/aromatic N) is 1. The molecule has 0 bridgehead atoms. The van der Waals surface area contributed by atoms with Gasteiger partial charge in [-0.2, -0.15) is 0 Å². The number of carbonyl (C=O) groups is 1. The fourth-order valence-electron chi connectivity index (χ4n) is 2.44. The van der Waals surface area contributed by atoms with Gasteiger partial charge in [-0.3, -0.25) is 4.79 Å². The summed E-state index contributed by atoms with van der Waals surface area (Å²) in [4.78, 5) is 13.8. The maximum absolute atomic E-state index is 12.0. The fourth-order valence-corrected chi connectivity index (χ4v) is 2.44. The zero-order valence-electron chi connectivity index (χ0n) is 11.4. The van der Waals surface area contributed by atoms with E-state index in [2.05, 4.69) is 19.1 Å². The number of rotatable bonds is 4. The Morgan fingerprint density at radius 1 is 1.42 bits per heavy atom. The number of aliphatic hydroxyl groups excluding tert-OH is 1. The molecule has 0 aromatic heterocycles. The third-order valence-corrected chi connectivity index (χ3v) is 3.68. The summed E-state index contributed by atoms with van der Waals surface area (Å²) in [6, 6.07) is 8.21. The van der Waals surface area contributed by atoms with E-state index in [-0.39, 0.29) is 18.6 Å². The summed E-state index contributed by atoms with van der Waals surface area (Å²) in [6.45, 7) is 2.94. The van der Waals surface area contributed by atoms with E-state index in [0.29, 0.717) is 0 Å². The number of aliphatic hydroxyl groups is 1. The average molecular weight is 259 g/mol. The number of aryl methyl sites for hydroxylation is 1. The zero-order chi connectivity index (χ0) is 13.7. The Hall–Kier alpha value is -1.61. The smallest absolute Gasteiger partial charge is 0.246 e. The first kappa shape index (κ1) is 13.8. The van der Waals surface area contributed by atoms with Crippen molar-refractivity contribution in [1.82, 2.24) is 4.90 Å². The largest absolute Gasteiger partial charge is 0.394 e. The van der Waals surface area contributed by atoms with Crippen molar-refractivity contribution in [3.05, 3.63) is 41.5 Å². The number of hydrogen-bond acceptors (Lipinski definition) is 2. The van der Waals surface area contributed by atoms with E-state index in [9.17, 15) is 9.90 Å². The molecule has 1 amide bonds. The lowest BCUT2D eigenvalue weighted by Crippen LogP contribution is -2.36. The number of benzene rings is 1. The van der Waals surface area contributed by atoms with Crippen molar-refractivity contribution in [2.75, 3.05) is 13.2 Å². The second kappa shape index (κ2) is 6.53. The third-order valence-electron chi connectivity index (χ3n) is 3.68. The van der Waals surface area contributed by atoms with Crippen LogP contribution in [-0.2, 0) is 11.2 Å². The van der Waals surface area contributed by atoms with Crippen molar-refractivity contribution >= 4 is 12.0 Å². The third kappa shape index (κ3) is 3.44. The molecule has 1 aromatic carbocycles. The number of amides is 1.